The first-order valence-electron chi connectivity index (χ1n) is 6.10. The Morgan fingerprint density at radius 1 is 0.900 bits per heavy atom. The highest BCUT2D eigenvalue weighted by molar-refractivity contribution is 5.68. The molecule has 0 spiro atoms. The van der Waals surface area contributed by atoms with Crippen LogP contribution in [0.25, 0.3) is 11.1 Å². The summed E-state index contributed by atoms with van der Waals surface area (Å²) in [6, 6.07) is 10.9. The van der Waals surface area contributed by atoms with Gasteiger partial charge in [-0.3, -0.25) is 4.98 Å². The van der Waals surface area contributed by atoms with Crippen LogP contribution in [-0.2, 0) is 0 Å². The molecule has 3 aromatic heterocycles. The molecular weight excluding hydrogens is 252 g/mol. The Labute approximate surface area is 116 Å². The van der Waals surface area contributed by atoms with Gasteiger partial charge in [-0.25, -0.2) is 9.97 Å². The molecule has 0 radical (unpaired) electrons. The number of pyridine rings is 3. The van der Waals surface area contributed by atoms with E-state index in [2.05, 4.69) is 20.3 Å². The van der Waals surface area contributed by atoms with Gasteiger partial charge in [0.15, 0.2) is 11.6 Å². The number of aromatic hydroxyl groups is 1. The summed E-state index contributed by atoms with van der Waals surface area (Å²) in [7, 11) is 0. The van der Waals surface area contributed by atoms with Crippen LogP contribution in [0.3, 0.4) is 0 Å². The molecule has 5 nitrogen and oxygen atoms in total. The SMILES string of the molecule is Oc1cc(-c2cccnc2)cnc1Nc1ccccn1. The highest BCUT2D eigenvalue weighted by Crippen LogP contribution is 2.28. The van der Waals surface area contributed by atoms with Gasteiger partial charge >= 0.3 is 0 Å². The predicted octanol–water partition coefficient (Wildman–Crippen LogP) is 2.99. The molecule has 3 rings (SSSR count). The Kier molecular flexibility index (Phi) is 3.24. The van der Waals surface area contributed by atoms with Gasteiger partial charge in [-0.15, -0.1) is 0 Å². The van der Waals surface area contributed by atoms with E-state index in [-0.39, 0.29) is 5.75 Å². The molecule has 98 valence electrons. The predicted molar refractivity (Wildman–Crippen MR) is 76.7 cm³/mol. The van der Waals surface area contributed by atoms with Crippen molar-refractivity contribution in [2.45, 2.75) is 0 Å². The van der Waals surface area contributed by atoms with Gasteiger partial charge < -0.3 is 10.4 Å². The van der Waals surface area contributed by atoms with E-state index in [1.54, 1.807) is 36.9 Å². The molecule has 2 N–H and O–H groups in total. The molecule has 0 aliphatic rings. The van der Waals surface area contributed by atoms with Crippen molar-refractivity contribution in [2.24, 2.45) is 0 Å². The molecule has 0 aliphatic carbocycles. The summed E-state index contributed by atoms with van der Waals surface area (Å²) in [4.78, 5) is 12.4. The third kappa shape index (κ3) is 2.56. The van der Waals surface area contributed by atoms with Crippen LogP contribution in [0.5, 0.6) is 5.75 Å². The summed E-state index contributed by atoms with van der Waals surface area (Å²) in [5.41, 5.74) is 1.71. The van der Waals surface area contributed by atoms with Crippen LogP contribution in [0.15, 0.2) is 61.2 Å². The van der Waals surface area contributed by atoms with Crippen molar-refractivity contribution in [3.63, 3.8) is 0 Å². The molecule has 0 saturated carbocycles. The number of nitrogens with zero attached hydrogens (tertiary/aromatic N) is 3. The Bertz CT molecular complexity index is 702. The first-order chi connectivity index (χ1) is 9.83. The summed E-state index contributed by atoms with van der Waals surface area (Å²) >= 11 is 0. The minimum atomic E-state index is 0.0667. The van der Waals surface area contributed by atoms with Crippen molar-refractivity contribution in [3.05, 3.63) is 61.2 Å². The third-order valence-electron chi connectivity index (χ3n) is 2.77. The normalized spacial score (nSPS) is 10.2. The van der Waals surface area contributed by atoms with E-state index in [1.807, 2.05) is 24.3 Å². The topological polar surface area (TPSA) is 70.9 Å². The van der Waals surface area contributed by atoms with Crippen molar-refractivity contribution in [1.29, 1.82) is 0 Å². The van der Waals surface area contributed by atoms with Gasteiger partial charge in [0.2, 0.25) is 0 Å². The summed E-state index contributed by atoms with van der Waals surface area (Å²) in [6.45, 7) is 0. The van der Waals surface area contributed by atoms with Crippen LogP contribution in [0.4, 0.5) is 11.6 Å². The zero-order valence-corrected chi connectivity index (χ0v) is 10.6. The van der Waals surface area contributed by atoms with Crippen molar-refractivity contribution < 1.29 is 5.11 Å². The van der Waals surface area contributed by atoms with Gasteiger partial charge in [-0.1, -0.05) is 12.1 Å². The smallest absolute Gasteiger partial charge is 0.174 e. The third-order valence-corrected chi connectivity index (χ3v) is 2.77. The average molecular weight is 264 g/mol. The zero-order chi connectivity index (χ0) is 13.8. The van der Waals surface area contributed by atoms with Gasteiger partial charge in [-0.2, -0.15) is 0 Å². The number of rotatable bonds is 3. The number of hydrogen-bond donors (Lipinski definition) is 2. The van der Waals surface area contributed by atoms with Gasteiger partial charge in [0.05, 0.1) is 0 Å². The lowest BCUT2D eigenvalue weighted by Crippen LogP contribution is -1.96. The molecule has 5 heteroatoms. The summed E-state index contributed by atoms with van der Waals surface area (Å²) in [5, 5.41) is 13.0. The van der Waals surface area contributed by atoms with Gasteiger partial charge in [0.1, 0.15) is 5.82 Å². The molecule has 3 heterocycles. The number of nitrogens with one attached hydrogen (secondary N) is 1. The molecule has 0 aromatic carbocycles. The van der Waals surface area contributed by atoms with E-state index in [1.165, 1.54) is 0 Å². The molecule has 0 amide bonds. The summed E-state index contributed by atoms with van der Waals surface area (Å²) in [6.07, 6.45) is 6.78. The van der Waals surface area contributed by atoms with Gasteiger partial charge in [0, 0.05) is 35.9 Å². The van der Waals surface area contributed by atoms with Crippen molar-refractivity contribution in [1.82, 2.24) is 15.0 Å². The first-order valence-corrected chi connectivity index (χ1v) is 6.10. The minimum Gasteiger partial charge on any atom is -0.504 e. The maximum atomic E-state index is 10.0. The quantitative estimate of drug-likeness (QED) is 0.761. The molecular formula is C15H12N4O. The summed E-state index contributed by atoms with van der Waals surface area (Å²) < 4.78 is 0. The fraction of sp³-hybridized carbons (Fsp3) is 0. The summed E-state index contributed by atoms with van der Waals surface area (Å²) in [5.74, 6) is 1.07. The molecule has 0 atom stereocenters. The van der Waals surface area contributed by atoms with Crippen LogP contribution in [-0.4, -0.2) is 20.1 Å². The molecule has 20 heavy (non-hydrogen) atoms. The van der Waals surface area contributed by atoms with E-state index in [4.69, 9.17) is 0 Å². The Balaban J connectivity index is 1.89. The fourth-order valence-electron chi connectivity index (χ4n) is 1.80. The number of hydrogen-bond acceptors (Lipinski definition) is 5. The van der Waals surface area contributed by atoms with E-state index in [0.29, 0.717) is 11.6 Å². The molecule has 0 fully saturated rings. The lowest BCUT2D eigenvalue weighted by Gasteiger charge is -2.08. The second-order valence-electron chi connectivity index (χ2n) is 4.17. The van der Waals surface area contributed by atoms with Crippen molar-refractivity contribution >= 4 is 11.6 Å². The molecule has 3 aromatic rings. The van der Waals surface area contributed by atoms with Crippen molar-refractivity contribution in [2.75, 3.05) is 5.32 Å². The first kappa shape index (κ1) is 12.1. The molecule has 0 saturated heterocycles. The Morgan fingerprint density at radius 2 is 1.85 bits per heavy atom. The maximum Gasteiger partial charge on any atom is 0.174 e. The zero-order valence-electron chi connectivity index (χ0n) is 10.6. The van der Waals surface area contributed by atoms with Crippen molar-refractivity contribution in [3.8, 4) is 16.9 Å². The average Bonchev–Trinajstić information content (AvgIpc) is 2.51. The minimum absolute atomic E-state index is 0.0667. The second kappa shape index (κ2) is 5.36. The van der Waals surface area contributed by atoms with Crippen LogP contribution in [0, 0.1) is 0 Å². The van der Waals surface area contributed by atoms with Gasteiger partial charge in [0.25, 0.3) is 0 Å². The van der Waals surface area contributed by atoms with Crippen LogP contribution < -0.4 is 5.32 Å². The molecule has 0 aliphatic heterocycles. The largest absolute Gasteiger partial charge is 0.504 e. The molecule has 0 bridgehead atoms. The lowest BCUT2D eigenvalue weighted by molar-refractivity contribution is 0.476. The Hall–Kier alpha value is -2.95. The van der Waals surface area contributed by atoms with E-state index in [0.717, 1.165) is 11.1 Å². The van der Waals surface area contributed by atoms with E-state index >= 15 is 0 Å². The second-order valence-corrected chi connectivity index (χ2v) is 4.17. The monoisotopic (exact) mass is 264 g/mol. The van der Waals surface area contributed by atoms with Crippen LogP contribution >= 0.6 is 0 Å². The highest BCUT2D eigenvalue weighted by Gasteiger charge is 2.06. The van der Waals surface area contributed by atoms with E-state index in [9.17, 15) is 5.11 Å². The lowest BCUT2D eigenvalue weighted by atomic mass is 10.1. The highest BCUT2D eigenvalue weighted by atomic mass is 16.3. The van der Waals surface area contributed by atoms with Crippen LogP contribution in [0.1, 0.15) is 0 Å². The van der Waals surface area contributed by atoms with E-state index < -0.39 is 0 Å². The van der Waals surface area contributed by atoms with Gasteiger partial charge in [-0.05, 0) is 24.3 Å². The fourth-order valence-corrected chi connectivity index (χ4v) is 1.80. The molecule has 0 unspecified atom stereocenters. The standard InChI is InChI=1S/C15H12N4O/c20-13-8-12(11-4-3-6-16-9-11)10-18-15(13)19-14-5-1-2-7-17-14/h1-10,20H,(H,17,18,19). The number of aromatic nitrogens is 3. The van der Waals surface area contributed by atoms with Crippen LogP contribution in [0.2, 0.25) is 0 Å². The Morgan fingerprint density at radius 3 is 2.55 bits per heavy atom. The number of anilines is 2. The maximum absolute atomic E-state index is 10.0.